The average molecular weight is 464 g/mol. The van der Waals surface area contributed by atoms with Crippen molar-refractivity contribution in [2.45, 2.75) is 93.2 Å². The van der Waals surface area contributed by atoms with Crippen molar-refractivity contribution in [1.82, 2.24) is 4.90 Å². The highest BCUT2D eigenvalue weighted by Gasteiger charge is 2.45. The zero-order valence-corrected chi connectivity index (χ0v) is 23.2. The third kappa shape index (κ3) is 8.05. The zero-order chi connectivity index (χ0) is 26.3. The first-order valence-electron chi connectivity index (χ1n) is 13.2. The second kappa shape index (κ2) is 17.0. The topological polar surface area (TPSA) is 20.3 Å². The predicted octanol–water partition coefficient (Wildman–Crippen LogP) is 8.46. The number of allylic oxidation sites excluding steroid dienone is 7. The average Bonchev–Trinajstić information content (AvgIpc) is 2.85. The summed E-state index contributed by atoms with van der Waals surface area (Å²) in [5.41, 5.74) is 3.43. The molecule has 0 saturated carbocycles. The molecule has 1 fully saturated rings. The fourth-order valence-electron chi connectivity index (χ4n) is 4.77. The number of hydrogen-bond acceptors (Lipinski definition) is 2. The molecule has 2 heteroatoms. The monoisotopic (exact) mass is 463 g/mol. The Kier molecular flexibility index (Phi) is 15.7. The Morgan fingerprint density at radius 2 is 1.82 bits per heavy atom. The summed E-state index contributed by atoms with van der Waals surface area (Å²) in [7, 11) is 0. The van der Waals surface area contributed by atoms with E-state index in [0.717, 1.165) is 37.0 Å². The molecule has 1 saturated heterocycles. The lowest BCUT2D eigenvalue weighted by atomic mass is 9.65. The summed E-state index contributed by atoms with van der Waals surface area (Å²) in [6.45, 7) is 29.4. The molecule has 0 N–H and O–H groups in total. The van der Waals surface area contributed by atoms with Gasteiger partial charge in [-0.25, -0.2) is 0 Å². The minimum absolute atomic E-state index is 0.0373. The molecule has 0 aromatic heterocycles. The Labute approximate surface area is 211 Å². The van der Waals surface area contributed by atoms with Gasteiger partial charge >= 0.3 is 0 Å². The minimum Gasteiger partial charge on any atom is -0.362 e. The van der Waals surface area contributed by atoms with E-state index in [-0.39, 0.29) is 29.7 Å². The number of likely N-dealkylation sites (tertiary alicyclic amines) is 1. The molecule has 5 unspecified atom stereocenters. The minimum atomic E-state index is 0.0373. The zero-order valence-electron chi connectivity index (χ0n) is 23.2. The lowest BCUT2D eigenvalue weighted by Gasteiger charge is -2.52. The van der Waals surface area contributed by atoms with Crippen LogP contribution in [-0.4, -0.2) is 22.8 Å². The molecule has 2 aliphatic rings. The molecule has 1 aliphatic carbocycles. The van der Waals surface area contributed by atoms with E-state index in [4.69, 9.17) is 0 Å². The second-order valence-electron chi connectivity index (χ2n) is 8.45. The normalized spacial score (nSPS) is 23.7. The van der Waals surface area contributed by atoms with Crippen LogP contribution in [0.3, 0.4) is 0 Å². The fourth-order valence-corrected chi connectivity index (χ4v) is 4.77. The van der Waals surface area contributed by atoms with Gasteiger partial charge in [-0.05, 0) is 62.8 Å². The van der Waals surface area contributed by atoms with Crippen LogP contribution in [0.2, 0.25) is 0 Å². The van der Waals surface area contributed by atoms with Gasteiger partial charge in [0.2, 0.25) is 0 Å². The summed E-state index contributed by atoms with van der Waals surface area (Å²) >= 11 is 0. The molecule has 0 spiro atoms. The van der Waals surface area contributed by atoms with Crippen molar-refractivity contribution in [3.05, 3.63) is 73.0 Å². The molecule has 0 aromatic rings. The van der Waals surface area contributed by atoms with Gasteiger partial charge < -0.3 is 4.90 Å². The number of nitrogens with zero attached hydrogens (tertiary/aromatic N) is 1. The van der Waals surface area contributed by atoms with E-state index >= 15 is 0 Å². The lowest BCUT2D eigenvalue weighted by molar-refractivity contribution is -0.110. The van der Waals surface area contributed by atoms with Gasteiger partial charge in [-0.15, -0.1) is 6.58 Å². The Morgan fingerprint density at radius 1 is 1.18 bits per heavy atom. The van der Waals surface area contributed by atoms with Crippen molar-refractivity contribution >= 4 is 5.78 Å². The number of fused-ring (bicyclic) bond motifs is 1. The number of hydrogen-bond donors (Lipinski definition) is 0. The van der Waals surface area contributed by atoms with Gasteiger partial charge in [-0.3, -0.25) is 4.79 Å². The van der Waals surface area contributed by atoms with Crippen molar-refractivity contribution in [2.75, 3.05) is 0 Å². The van der Waals surface area contributed by atoms with Crippen LogP contribution in [0.15, 0.2) is 73.0 Å². The SMILES string of the molecule is C=CCCC(=C)N1C2C=CC(=O)C=C2C(C(C#C/C=C\C)C(=C)CCC)C(C)C1C.CC.CC. The summed E-state index contributed by atoms with van der Waals surface area (Å²) in [5.74, 6) is 7.27. The maximum Gasteiger partial charge on any atom is 0.178 e. The van der Waals surface area contributed by atoms with Gasteiger partial charge in [0, 0.05) is 23.6 Å². The van der Waals surface area contributed by atoms with E-state index in [2.05, 4.69) is 57.2 Å². The van der Waals surface area contributed by atoms with Crippen LogP contribution < -0.4 is 0 Å². The van der Waals surface area contributed by atoms with Crippen LogP contribution in [-0.2, 0) is 4.79 Å². The molecule has 5 atom stereocenters. The second-order valence-corrected chi connectivity index (χ2v) is 8.45. The largest absolute Gasteiger partial charge is 0.362 e. The summed E-state index contributed by atoms with van der Waals surface area (Å²) in [4.78, 5) is 14.8. The summed E-state index contributed by atoms with van der Waals surface area (Å²) in [6, 6.07) is 0.337. The Balaban J connectivity index is 0.00000258. The molecule has 0 aromatic carbocycles. The summed E-state index contributed by atoms with van der Waals surface area (Å²) in [6.07, 6.45) is 15.1. The van der Waals surface area contributed by atoms with Crippen LogP contribution in [0.1, 0.15) is 81.1 Å². The van der Waals surface area contributed by atoms with Crippen LogP contribution in [0.4, 0.5) is 0 Å². The van der Waals surface area contributed by atoms with Crippen LogP contribution in [0, 0.1) is 29.6 Å². The van der Waals surface area contributed by atoms with Crippen LogP contribution in [0.5, 0.6) is 0 Å². The molecule has 0 radical (unpaired) electrons. The Morgan fingerprint density at radius 3 is 2.38 bits per heavy atom. The van der Waals surface area contributed by atoms with E-state index in [1.165, 1.54) is 5.57 Å². The molecular formula is C32H49NO. The Bertz CT molecular complexity index is 829. The molecule has 0 amide bonds. The summed E-state index contributed by atoms with van der Waals surface area (Å²) in [5, 5.41) is 0. The third-order valence-corrected chi connectivity index (χ3v) is 6.41. The van der Waals surface area contributed by atoms with Gasteiger partial charge in [-0.1, -0.05) is 96.8 Å². The van der Waals surface area contributed by atoms with Crippen LogP contribution in [0.25, 0.3) is 0 Å². The number of carbonyl (C=O) groups excluding carboxylic acids is 1. The molecule has 1 aliphatic heterocycles. The van der Waals surface area contributed by atoms with Crippen molar-refractivity contribution in [2.24, 2.45) is 17.8 Å². The number of rotatable bonds is 8. The predicted molar refractivity (Wildman–Crippen MR) is 151 cm³/mol. The highest BCUT2D eigenvalue weighted by atomic mass is 16.1. The molecule has 2 rings (SSSR count). The van der Waals surface area contributed by atoms with E-state index in [9.17, 15) is 4.79 Å². The van der Waals surface area contributed by atoms with Crippen LogP contribution >= 0.6 is 0 Å². The van der Waals surface area contributed by atoms with Gasteiger partial charge in [-0.2, -0.15) is 0 Å². The fraction of sp³-hybridized carbons (Fsp3) is 0.531. The molecule has 0 bridgehead atoms. The first kappa shape index (κ1) is 31.5. The third-order valence-electron chi connectivity index (χ3n) is 6.41. The van der Waals surface area contributed by atoms with Crippen molar-refractivity contribution in [1.29, 1.82) is 0 Å². The molecule has 188 valence electrons. The van der Waals surface area contributed by atoms with Gasteiger partial charge in [0.25, 0.3) is 0 Å². The van der Waals surface area contributed by atoms with Crippen molar-refractivity contribution in [3.8, 4) is 11.8 Å². The van der Waals surface area contributed by atoms with Gasteiger partial charge in [0.15, 0.2) is 5.78 Å². The van der Waals surface area contributed by atoms with E-state index in [1.807, 2.05) is 65.0 Å². The molecule has 2 nitrogen and oxygen atoms in total. The first-order valence-corrected chi connectivity index (χ1v) is 13.2. The Hall–Kier alpha value is -2.53. The maximum atomic E-state index is 12.4. The van der Waals surface area contributed by atoms with Crippen molar-refractivity contribution in [3.63, 3.8) is 0 Å². The van der Waals surface area contributed by atoms with E-state index < -0.39 is 0 Å². The smallest absolute Gasteiger partial charge is 0.178 e. The summed E-state index contributed by atoms with van der Waals surface area (Å²) < 4.78 is 0. The van der Waals surface area contributed by atoms with E-state index in [1.54, 1.807) is 6.08 Å². The van der Waals surface area contributed by atoms with E-state index in [0.29, 0.717) is 5.92 Å². The number of carbonyl (C=O) groups is 1. The highest BCUT2D eigenvalue weighted by molar-refractivity contribution is 6.01. The molecule has 34 heavy (non-hydrogen) atoms. The first-order chi connectivity index (χ1) is 16.4. The maximum absolute atomic E-state index is 12.4. The molecular weight excluding hydrogens is 414 g/mol. The van der Waals surface area contributed by atoms with Crippen molar-refractivity contribution < 1.29 is 4.79 Å². The number of ketones is 1. The lowest BCUT2D eigenvalue weighted by Crippen LogP contribution is -2.54. The van der Waals surface area contributed by atoms with Gasteiger partial charge in [0.05, 0.1) is 6.04 Å². The standard InChI is InChI=1S/C28H37NO.2C2H6/c1-8-11-13-16-25(20(4)14-10-3)28-22(6)23(7)29(21(5)15-12-9-2)27-18-17-24(30)19-26(27)28;2*1-2/h8-9,11,17-19,22-23,25,27-28H,2,4-5,10,12,14-15H2,1,3,6-7H3;2*1-2H3/b11-8-;;. The highest BCUT2D eigenvalue weighted by Crippen LogP contribution is 2.46. The number of piperidine rings is 1. The quantitative estimate of drug-likeness (QED) is 0.266. The molecule has 1 heterocycles. The van der Waals surface area contributed by atoms with Gasteiger partial charge in [0.1, 0.15) is 0 Å².